The van der Waals surface area contributed by atoms with E-state index in [1.54, 1.807) is 5.19 Å². The summed E-state index contributed by atoms with van der Waals surface area (Å²) in [5.74, 6) is 0. The van der Waals surface area contributed by atoms with Gasteiger partial charge >= 0.3 is 0 Å². The van der Waals surface area contributed by atoms with Crippen molar-refractivity contribution in [1.29, 1.82) is 0 Å². The zero-order valence-electron chi connectivity index (χ0n) is 11.2. The third-order valence-corrected chi connectivity index (χ3v) is 7.17. The molecule has 2 rings (SSSR count). The standard InChI is InChI=1S/C16H22Si/c1-4-5-13-17(2,3)16-12-8-10-14-9-6-7-11-15(14)16/h6-12H,4-5,13H2,1-3H3. The number of unbranched alkanes of at least 4 members (excludes halogenated alkanes) is 1. The Morgan fingerprint density at radius 3 is 2.41 bits per heavy atom. The molecule has 0 aliphatic heterocycles. The second-order valence-corrected chi connectivity index (χ2v) is 10.3. The molecule has 0 bridgehead atoms. The molecule has 0 atom stereocenters. The monoisotopic (exact) mass is 242 g/mol. The highest BCUT2D eigenvalue weighted by Crippen LogP contribution is 2.20. The summed E-state index contributed by atoms with van der Waals surface area (Å²) < 4.78 is 0. The highest BCUT2D eigenvalue weighted by Gasteiger charge is 2.24. The summed E-state index contributed by atoms with van der Waals surface area (Å²) in [6.45, 7) is 7.29. The lowest BCUT2D eigenvalue weighted by Crippen LogP contribution is -2.41. The number of benzene rings is 2. The summed E-state index contributed by atoms with van der Waals surface area (Å²) in [7, 11) is -1.26. The predicted molar refractivity (Wildman–Crippen MR) is 80.8 cm³/mol. The van der Waals surface area contributed by atoms with Gasteiger partial charge in [0.15, 0.2) is 0 Å². The summed E-state index contributed by atoms with van der Waals surface area (Å²) in [6, 6.07) is 17.0. The van der Waals surface area contributed by atoms with Gasteiger partial charge < -0.3 is 0 Å². The third-order valence-electron chi connectivity index (χ3n) is 3.67. The zero-order chi connectivity index (χ0) is 12.3. The molecular formula is C16H22Si. The van der Waals surface area contributed by atoms with Gasteiger partial charge in [-0.15, -0.1) is 0 Å². The Morgan fingerprint density at radius 1 is 0.941 bits per heavy atom. The molecule has 0 unspecified atom stereocenters. The van der Waals surface area contributed by atoms with Crippen LogP contribution in [-0.2, 0) is 0 Å². The normalized spacial score (nSPS) is 11.9. The highest BCUT2D eigenvalue weighted by atomic mass is 28.3. The van der Waals surface area contributed by atoms with Gasteiger partial charge in [-0.2, -0.15) is 0 Å². The van der Waals surface area contributed by atoms with Crippen LogP contribution in [0.1, 0.15) is 19.8 Å². The second kappa shape index (κ2) is 5.05. The lowest BCUT2D eigenvalue weighted by atomic mass is 10.1. The quantitative estimate of drug-likeness (QED) is 0.690. The van der Waals surface area contributed by atoms with E-state index in [-0.39, 0.29) is 0 Å². The van der Waals surface area contributed by atoms with E-state index in [2.05, 4.69) is 62.5 Å². The van der Waals surface area contributed by atoms with Crippen LogP contribution in [0.3, 0.4) is 0 Å². The van der Waals surface area contributed by atoms with Gasteiger partial charge in [-0.1, -0.05) is 86.6 Å². The van der Waals surface area contributed by atoms with Crippen molar-refractivity contribution in [1.82, 2.24) is 0 Å². The predicted octanol–water partition coefficient (Wildman–Crippen LogP) is 4.56. The van der Waals surface area contributed by atoms with Crippen LogP contribution in [0.2, 0.25) is 19.1 Å². The molecule has 0 radical (unpaired) electrons. The Kier molecular flexibility index (Phi) is 3.68. The Hall–Kier alpha value is -1.08. The first-order valence-electron chi connectivity index (χ1n) is 6.63. The molecule has 0 aliphatic carbocycles. The van der Waals surface area contributed by atoms with Crippen molar-refractivity contribution < 1.29 is 0 Å². The summed E-state index contributed by atoms with van der Waals surface area (Å²) in [5.41, 5.74) is 0. The molecule has 0 N–H and O–H groups in total. The van der Waals surface area contributed by atoms with E-state index < -0.39 is 8.07 Å². The molecule has 0 saturated heterocycles. The first-order chi connectivity index (χ1) is 8.15. The van der Waals surface area contributed by atoms with Gasteiger partial charge in [0.05, 0.1) is 8.07 Å². The minimum atomic E-state index is -1.26. The molecule has 0 spiro atoms. The van der Waals surface area contributed by atoms with Crippen molar-refractivity contribution in [3.8, 4) is 0 Å². The fraction of sp³-hybridized carbons (Fsp3) is 0.375. The van der Waals surface area contributed by atoms with Gasteiger partial charge in [0.1, 0.15) is 0 Å². The first kappa shape index (κ1) is 12.4. The van der Waals surface area contributed by atoms with Gasteiger partial charge in [-0.05, 0) is 10.8 Å². The van der Waals surface area contributed by atoms with Crippen molar-refractivity contribution in [2.45, 2.75) is 38.9 Å². The lowest BCUT2D eigenvalue weighted by molar-refractivity contribution is 0.870. The molecule has 0 amide bonds. The topological polar surface area (TPSA) is 0 Å². The maximum Gasteiger partial charge on any atom is 0.0814 e. The number of hydrogen-bond donors (Lipinski definition) is 0. The van der Waals surface area contributed by atoms with E-state index in [0.717, 1.165) is 0 Å². The van der Waals surface area contributed by atoms with Crippen LogP contribution < -0.4 is 5.19 Å². The molecule has 0 aromatic heterocycles. The van der Waals surface area contributed by atoms with Crippen molar-refractivity contribution in [2.75, 3.05) is 0 Å². The Labute approximate surface area is 106 Å². The summed E-state index contributed by atoms with van der Waals surface area (Å²) >= 11 is 0. The Morgan fingerprint density at radius 2 is 1.65 bits per heavy atom. The van der Waals surface area contributed by atoms with Gasteiger partial charge in [0, 0.05) is 0 Å². The first-order valence-corrected chi connectivity index (χ1v) is 9.84. The van der Waals surface area contributed by atoms with E-state index in [4.69, 9.17) is 0 Å². The fourth-order valence-corrected chi connectivity index (χ4v) is 5.58. The average Bonchev–Trinajstić information content (AvgIpc) is 2.36. The molecule has 1 heteroatoms. The van der Waals surface area contributed by atoms with E-state index in [0.29, 0.717) is 0 Å². The van der Waals surface area contributed by atoms with Crippen LogP contribution in [0.5, 0.6) is 0 Å². The van der Waals surface area contributed by atoms with Gasteiger partial charge in [-0.25, -0.2) is 0 Å². The number of rotatable bonds is 4. The number of fused-ring (bicyclic) bond motifs is 1. The van der Waals surface area contributed by atoms with E-state index >= 15 is 0 Å². The van der Waals surface area contributed by atoms with Crippen LogP contribution in [0.4, 0.5) is 0 Å². The summed E-state index contributed by atoms with van der Waals surface area (Å²) in [6.07, 6.45) is 2.67. The van der Waals surface area contributed by atoms with Crippen molar-refractivity contribution in [3.63, 3.8) is 0 Å². The molecule has 2 aromatic rings. The van der Waals surface area contributed by atoms with E-state index in [1.807, 2.05) is 0 Å². The average molecular weight is 242 g/mol. The zero-order valence-corrected chi connectivity index (χ0v) is 12.2. The van der Waals surface area contributed by atoms with Crippen LogP contribution in [0.25, 0.3) is 10.8 Å². The molecule has 0 aliphatic rings. The van der Waals surface area contributed by atoms with Crippen LogP contribution in [0, 0.1) is 0 Å². The van der Waals surface area contributed by atoms with E-state index in [1.165, 1.54) is 29.7 Å². The van der Waals surface area contributed by atoms with Gasteiger partial charge in [0.25, 0.3) is 0 Å². The molecule has 17 heavy (non-hydrogen) atoms. The molecule has 0 fully saturated rings. The van der Waals surface area contributed by atoms with E-state index in [9.17, 15) is 0 Å². The van der Waals surface area contributed by atoms with Crippen molar-refractivity contribution >= 4 is 24.0 Å². The third kappa shape index (κ3) is 2.60. The molecule has 0 heterocycles. The minimum absolute atomic E-state index is 1.26. The lowest BCUT2D eigenvalue weighted by Gasteiger charge is -2.24. The largest absolute Gasteiger partial charge is 0.0814 e. The summed E-state index contributed by atoms with van der Waals surface area (Å²) in [4.78, 5) is 0. The van der Waals surface area contributed by atoms with Crippen LogP contribution >= 0.6 is 0 Å². The van der Waals surface area contributed by atoms with Crippen LogP contribution in [-0.4, -0.2) is 8.07 Å². The van der Waals surface area contributed by atoms with Crippen LogP contribution in [0.15, 0.2) is 42.5 Å². The SMILES string of the molecule is CCCC[Si](C)(C)c1cccc2ccccc12. The fourth-order valence-electron chi connectivity index (χ4n) is 2.57. The minimum Gasteiger partial charge on any atom is -0.0654 e. The summed E-state index contributed by atoms with van der Waals surface area (Å²) in [5, 5.41) is 4.49. The smallest absolute Gasteiger partial charge is 0.0654 e. The van der Waals surface area contributed by atoms with Crippen molar-refractivity contribution in [3.05, 3.63) is 42.5 Å². The molecular weight excluding hydrogens is 220 g/mol. The molecule has 0 nitrogen and oxygen atoms in total. The van der Waals surface area contributed by atoms with Gasteiger partial charge in [-0.3, -0.25) is 0 Å². The number of hydrogen-bond acceptors (Lipinski definition) is 0. The maximum absolute atomic E-state index is 2.50. The molecule has 2 aromatic carbocycles. The van der Waals surface area contributed by atoms with Gasteiger partial charge in [0.2, 0.25) is 0 Å². The maximum atomic E-state index is 2.50. The second-order valence-electron chi connectivity index (χ2n) is 5.51. The highest BCUT2D eigenvalue weighted by molar-refractivity contribution is 6.91. The molecule has 0 saturated carbocycles. The van der Waals surface area contributed by atoms with Crippen molar-refractivity contribution in [2.24, 2.45) is 0 Å². The Bertz CT molecular complexity index is 494. The Balaban J connectivity index is 2.47. The molecule has 90 valence electrons.